The number of nitrogens with one attached hydrogen (secondary N) is 1. The lowest BCUT2D eigenvalue weighted by molar-refractivity contribution is -0.114. The Morgan fingerprint density at radius 1 is 1.13 bits per heavy atom. The summed E-state index contributed by atoms with van der Waals surface area (Å²) in [4.78, 5) is 11.2. The minimum Gasteiger partial charge on any atom is -0.326 e. The summed E-state index contributed by atoms with van der Waals surface area (Å²) in [6.07, 6.45) is 5.89. The van der Waals surface area contributed by atoms with E-state index in [2.05, 4.69) is 11.4 Å². The van der Waals surface area contributed by atoms with E-state index in [1.807, 2.05) is 0 Å². The number of amides is 1. The van der Waals surface area contributed by atoms with Crippen LogP contribution in [0.1, 0.15) is 35.6 Å². The maximum Gasteiger partial charge on any atom is 0.221 e. The molecule has 0 aliphatic heterocycles. The molecule has 0 unspecified atom stereocenters. The van der Waals surface area contributed by atoms with Gasteiger partial charge in [0.15, 0.2) is 0 Å². The SMILES string of the molecule is CC(=O)Nc1c2c(cc3c1CC3)CCC2. The second-order valence-electron chi connectivity index (χ2n) is 4.56. The van der Waals surface area contributed by atoms with Crippen LogP contribution >= 0.6 is 0 Å². The van der Waals surface area contributed by atoms with Crippen LogP contribution in [0.25, 0.3) is 0 Å². The highest BCUT2D eigenvalue weighted by atomic mass is 16.1. The number of fused-ring (bicyclic) bond motifs is 2. The molecule has 15 heavy (non-hydrogen) atoms. The van der Waals surface area contributed by atoms with Gasteiger partial charge in [0.05, 0.1) is 0 Å². The Bertz CT molecular complexity index is 448. The van der Waals surface area contributed by atoms with Crippen LogP contribution in [0, 0.1) is 0 Å². The molecule has 2 heteroatoms. The van der Waals surface area contributed by atoms with Gasteiger partial charge in [0.2, 0.25) is 5.91 Å². The Labute approximate surface area is 89.7 Å². The van der Waals surface area contributed by atoms with Gasteiger partial charge < -0.3 is 5.32 Å². The minimum atomic E-state index is 0.0596. The molecule has 3 rings (SSSR count). The summed E-state index contributed by atoms with van der Waals surface area (Å²) < 4.78 is 0. The van der Waals surface area contributed by atoms with Crippen LogP contribution in [0.3, 0.4) is 0 Å². The number of rotatable bonds is 1. The molecule has 0 aromatic heterocycles. The van der Waals surface area contributed by atoms with E-state index in [1.165, 1.54) is 41.5 Å². The van der Waals surface area contributed by atoms with Gasteiger partial charge in [-0.05, 0) is 54.4 Å². The molecule has 0 heterocycles. The Hall–Kier alpha value is -1.31. The molecule has 0 spiro atoms. The summed E-state index contributed by atoms with van der Waals surface area (Å²) in [5.74, 6) is 0.0596. The van der Waals surface area contributed by atoms with Crippen LogP contribution < -0.4 is 5.32 Å². The van der Waals surface area contributed by atoms with Crippen molar-refractivity contribution in [2.24, 2.45) is 0 Å². The molecule has 2 aliphatic carbocycles. The molecule has 78 valence electrons. The molecule has 1 aromatic rings. The third kappa shape index (κ3) is 1.28. The van der Waals surface area contributed by atoms with Gasteiger partial charge in [-0.2, -0.15) is 0 Å². The van der Waals surface area contributed by atoms with Gasteiger partial charge in [0.25, 0.3) is 0 Å². The molecule has 1 aromatic carbocycles. The first kappa shape index (κ1) is 8.96. The Morgan fingerprint density at radius 3 is 2.53 bits per heavy atom. The molecule has 0 fully saturated rings. The van der Waals surface area contributed by atoms with Crippen LogP contribution in [0.4, 0.5) is 5.69 Å². The van der Waals surface area contributed by atoms with Crippen LogP contribution in [0.15, 0.2) is 6.07 Å². The smallest absolute Gasteiger partial charge is 0.221 e. The molecule has 0 saturated heterocycles. The van der Waals surface area contributed by atoms with E-state index >= 15 is 0 Å². The standard InChI is InChI=1S/C13H15NO/c1-8(15)14-13-11-4-2-3-9(11)7-10-5-6-12(10)13/h7H,2-6H2,1H3,(H,14,15). The Morgan fingerprint density at radius 2 is 1.87 bits per heavy atom. The minimum absolute atomic E-state index is 0.0596. The molecule has 0 radical (unpaired) electrons. The van der Waals surface area contributed by atoms with E-state index in [1.54, 1.807) is 6.92 Å². The van der Waals surface area contributed by atoms with E-state index in [0.29, 0.717) is 0 Å². The van der Waals surface area contributed by atoms with Crippen molar-refractivity contribution in [1.29, 1.82) is 0 Å². The van der Waals surface area contributed by atoms with Crippen molar-refractivity contribution in [3.05, 3.63) is 28.3 Å². The van der Waals surface area contributed by atoms with Gasteiger partial charge in [-0.25, -0.2) is 0 Å². The number of anilines is 1. The summed E-state index contributed by atoms with van der Waals surface area (Å²) in [6.45, 7) is 1.60. The molecule has 1 amide bonds. The van der Waals surface area contributed by atoms with Crippen molar-refractivity contribution < 1.29 is 4.79 Å². The predicted molar refractivity (Wildman–Crippen MR) is 60.2 cm³/mol. The summed E-state index contributed by atoms with van der Waals surface area (Å²) >= 11 is 0. The first-order valence-electron chi connectivity index (χ1n) is 5.70. The number of hydrogen-bond acceptors (Lipinski definition) is 1. The first-order valence-corrected chi connectivity index (χ1v) is 5.70. The zero-order valence-electron chi connectivity index (χ0n) is 9.02. The summed E-state index contributed by atoms with van der Waals surface area (Å²) in [5.41, 5.74) is 6.88. The Balaban J connectivity index is 2.14. The molecular formula is C13H15NO. The van der Waals surface area contributed by atoms with Crippen molar-refractivity contribution in [2.45, 2.75) is 39.0 Å². The van der Waals surface area contributed by atoms with E-state index in [9.17, 15) is 4.79 Å². The average Bonchev–Trinajstić information content (AvgIpc) is 2.57. The molecule has 2 aliphatic rings. The second kappa shape index (κ2) is 3.09. The zero-order chi connectivity index (χ0) is 10.4. The monoisotopic (exact) mass is 201 g/mol. The summed E-state index contributed by atoms with van der Waals surface area (Å²) in [5, 5.41) is 3.03. The van der Waals surface area contributed by atoms with Gasteiger partial charge in [-0.3, -0.25) is 4.79 Å². The van der Waals surface area contributed by atoms with Gasteiger partial charge in [-0.15, -0.1) is 0 Å². The summed E-state index contributed by atoms with van der Waals surface area (Å²) in [7, 11) is 0. The third-order valence-corrected chi connectivity index (χ3v) is 3.55. The molecule has 0 atom stereocenters. The second-order valence-corrected chi connectivity index (χ2v) is 4.56. The fraction of sp³-hybridized carbons (Fsp3) is 0.462. The van der Waals surface area contributed by atoms with Crippen LogP contribution in [0.2, 0.25) is 0 Å². The summed E-state index contributed by atoms with van der Waals surface area (Å²) in [6, 6.07) is 2.35. The lowest BCUT2D eigenvalue weighted by Crippen LogP contribution is -2.18. The van der Waals surface area contributed by atoms with Crippen molar-refractivity contribution in [3.63, 3.8) is 0 Å². The van der Waals surface area contributed by atoms with Crippen LogP contribution in [-0.4, -0.2) is 5.91 Å². The highest BCUT2D eigenvalue weighted by Gasteiger charge is 2.25. The predicted octanol–water partition coefficient (Wildman–Crippen LogP) is 2.23. The van der Waals surface area contributed by atoms with Crippen molar-refractivity contribution in [3.8, 4) is 0 Å². The quantitative estimate of drug-likeness (QED) is 0.741. The van der Waals surface area contributed by atoms with E-state index < -0.39 is 0 Å². The van der Waals surface area contributed by atoms with Gasteiger partial charge in [0.1, 0.15) is 0 Å². The maximum atomic E-state index is 11.2. The molecule has 1 N–H and O–H groups in total. The normalized spacial score (nSPS) is 16.6. The van der Waals surface area contributed by atoms with Crippen molar-refractivity contribution in [1.82, 2.24) is 0 Å². The number of carbonyl (C=O) groups excluding carboxylic acids is 1. The lowest BCUT2D eigenvalue weighted by Gasteiger charge is -2.25. The highest BCUT2D eigenvalue weighted by Crippen LogP contribution is 2.39. The molecule has 0 bridgehead atoms. The third-order valence-electron chi connectivity index (χ3n) is 3.55. The Kier molecular flexibility index (Phi) is 1.84. The van der Waals surface area contributed by atoms with Crippen molar-refractivity contribution >= 4 is 11.6 Å². The van der Waals surface area contributed by atoms with Crippen LogP contribution in [0.5, 0.6) is 0 Å². The number of carbonyl (C=O) groups is 1. The van der Waals surface area contributed by atoms with E-state index in [-0.39, 0.29) is 5.91 Å². The van der Waals surface area contributed by atoms with Gasteiger partial charge >= 0.3 is 0 Å². The van der Waals surface area contributed by atoms with Crippen molar-refractivity contribution in [2.75, 3.05) is 5.32 Å². The lowest BCUT2D eigenvalue weighted by atomic mass is 9.83. The fourth-order valence-corrected chi connectivity index (χ4v) is 2.77. The largest absolute Gasteiger partial charge is 0.326 e. The van der Waals surface area contributed by atoms with Gasteiger partial charge in [0, 0.05) is 12.6 Å². The number of benzene rings is 1. The molecular weight excluding hydrogens is 186 g/mol. The van der Waals surface area contributed by atoms with Crippen LogP contribution in [-0.2, 0) is 30.5 Å². The molecule has 2 nitrogen and oxygen atoms in total. The topological polar surface area (TPSA) is 29.1 Å². The van der Waals surface area contributed by atoms with E-state index in [4.69, 9.17) is 0 Å². The zero-order valence-corrected chi connectivity index (χ0v) is 9.02. The highest BCUT2D eigenvalue weighted by molar-refractivity contribution is 5.91. The fourth-order valence-electron chi connectivity index (χ4n) is 2.77. The molecule has 0 saturated carbocycles. The number of aryl methyl sites for hydroxylation is 2. The average molecular weight is 201 g/mol. The van der Waals surface area contributed by atoms with E-state index in [0.717, 1.165) is 18.5 Å². The number of hydrogen-bond donors (Lipinski definition) is 1. The van der Waals surface area contributed by atoms with Gasteiger partial charge in [-0.1, -0.05) is 6.07 Å². The first-order chi connectivity index (χ1) is 7.25. The maximum absolute atomic E-state index is 11.2.